The third kappa shape index (κ3) is 3.54. The maximum atomic E-state index is 13.7. The third-order valence-electron chi connectivity index (χ3n) is 2.80. The molecule has 0 amide bonds. The molecule has 0 spiro atoms. The minimum Gasteiger partial charge on any atom is -0.485 e. The normalized spacial score (nSPS) is 12.4. The summed E-state index contributed by atoms with van der Waals surface area (Å²) < 4.78 is 24.2. The predicted molar refractivity (Wildman–Crippen MR) is 71.6 cm³/mol. The van der Waals surface area contributed by atoms with Gasteiger partial charge in [-0.2, -0.15) is 4.98 Å². The van der Waals surface area contributed by atoms with Crippen LogP contribution in [0.25, 0.3) is 0 Å². The molecule has 1 unspecified atom stereocenters. The highest BCUT2D eigenvalue weighted by Crippen LogP contribution is 2.21. The van der Waals surface area contributed by atoms with E-state index in [2.05, 4.69) is 10.1 Å². The van der Waals surface area contributed by atoms with Gasteiger partial charge in [0.2, 0.25) is 11.7 Å². The smallest absolute Gasteiger partial charge is 0.226 e. The quantitative estimate of drug-likeness (QED) is 0.880. The maximum absolute atomic E-state index is 13.7. The Hall–Kier alpha value is -1.95. The van der Waals surface area contributed by atoms with Gasteiger partial charge in [0.05, 0.1) is 0 Å². The molecule has 0 fully saturated rings. The molecular formula is C14H18FN3O2. The zero-order chi connectivity index (χ0) is 14.5. The summed E-state index contributed by atoms with van der Waals surface area (Å²) in [4.78, 5) is 4.17. The molecule has 0 saturated carbocycles. The lowest BCUT2D eigenvalue weighted by Gasteiger charge is -2.09. The van der Waals surface area contributed by atoms with Crippen LogP contribution in [0.4, 0.5) is 4.39 Å². The fraction of sp³-hybridized carbons (Fsp3) is 0.429. The zero-order valence-electron chi connectivity index (χ0n) is 11.6. The van der Waals surface area contributed by atoms with Crippen LogP contribution in [0.5, 0.6) is 5.75 Å². The third-order valence-corrected chi connectivity index (χ3v) is 2.80. The topological polar surface area (TPSA) is 74.2 Å². The van der Waals surface area contributed by atoms with Gasteiger partial charge in [0, 0.05) is 24.1 Å². The number of aromatic nitrogens is 2. The Morgan fingerprint density at radius 3 is 2.90 bits per heavy atom. The van der Waals surface area contributed by atoms with Gasteiger partial charge in [0.15, 0.2) is 6.61 Å². The molecule has 5 nitrogen and oxygen atoms in total. The first kappa shape index (κ1) is 14.5. The van der Waals surface area contributed by atoms with Crippen LogP contribution >= 0.6 is 0 Å². The minimum absolute atomic E-state index is 0.143. The first-order chi connectivity index (χ1) is 9.60. The van der Waals surface area contributed by atoms with Crippen LogP contribution in [-0.2, 0) is 13.0 Å². The van der Waals surface area contributed by atoms with Crippen LogP contribution < -0.4 is 10.5 Å². The fourth-order valence-corrected chi connectivity index (χ4v) is 1.78. The summed E-state index contributed by atoms with van der Waals surface area (Å²) in [5, 5.41) is 3.79. The molecule has 108 valence electrons. The second-order valence-electron chi connectivity index (χ2n) is 4.62. The molecule has 6 heteroatoms. The van der Waals surface area contributed by atoms with E-state index in [1.54, 1.807) is 19.1 Å². The number of hydrogen-bond acceptors (Lipinski definition) is 5. The molecule has 2 N–H and O–H groups in total. The average Bonchev–Trinajstić information content (AvgIpc) is 2.84. The maximum Gasteiger partial charge on any atom is 0.226 e. The number of halogens is 1. The van der Waals surface area contributed by atoms with E-state index in [1.807, 2.05) is 6.92 Å². The average molecular weight is 279 g/mol. The summed E-state index contributed by atoms with van der Waals surface area (Å²) in [5.74, 6) is 1.07. The SMILES string of the molecule is CCCc1nc(COc2ccc(C(C)N)c(F)c2)no1. The summed E-state index contributed by atoms with van der Waals surface area (Å²) in [7, 11) is 0. The van der Waals surface area contributed by atoms with Crippen LogP contribution in [0.2, 0.25) is 0 Å². The molecule has 0 radical (unpaired) electrons. The number of hydrogen-bond donors (Lipinski definition) is 1. The Morgan fingerprint density at radius 1 is 1.45 bits per heavy atom. The van der Waals surface area contributed by atoms with Crippen molar-refractivity contribution < 1.29 is 13.7 Å². The van der Waals surface area contributed by atoms with E-state index >= 15 is 0 Å². The summed E-state index contributed by atoms with van der Waals surface area (Å²) >= 11 is 0. The van der Waals surface area contributed by atoms with Gasteiger partial charge in [-0.3, -0.25) is 0 Å². The van der Waals surface area contributed by atoms with Crippen molar-refractivity contribution in [2.75, 3.05) is 0 Å². The molecule has 2 rings (SSSR count). The molecular weight excluding hydrogens is 261 g/mol. The van der Waals surface area contributed by atoms with Gasteiger partial charge < -0.3 is 15.0 Å². The van der Waals surface area contributed by atoms with Crippen molar-refractivity contribution in [2.24, 2.45) is 5.73 Å². The van der Waals surface area contributed by atoms with Crippen LogP contribution in [-0.4, -0.2) is 10.1 Å². The Kier molecular flexibility index (Phi) is 4.68. The minimum atomic E-state index is -0.378. The van der Waals surface area contributed by atoms with Gasteiger partial charge in [0.1, 0.15) is 11.6 Å². The van der Waals surface area contributed by atoms with Crippen molar-refractivity contribution in [2.45, 2.75) is 39.3 Å². The number of rotatable bonds is 6. The van der Waals surface area contributed by atoms with Crippen molar-refractivity contribution in [3.8, 4) is 5.75 Å². The van der Waals surface area contributed by atoms with E-state index in [4.69, 9.17) is 15.0 Å². The fourth-order valence-electron chi connectivity index (χ4n) is 1.78. The van der Waals surface area contributed by atoms with Crippen molar-refractivity contribution >= 4 is 0 Å². The van der Waals surface area contributed by atoms with Crippen molar-refractivity contribution in [3.05, 3.63) is 41.3 Å². The lowest BCUT2D eigenvalue weighted by Crippen LogP contribution is -2.07. The van der Waals surface area contributed by atoms with E-state index < -0.39 is 0 Å². The molecule has 0 saturated heterocycles. The molecule has 1 heterocycles. The highest BCUT2D eigenvalue weighted by atomic mass is 19.1. The Morgan fingerprint density at radius 2 is 2.25 bits per heavy atom. The molecule has 0 aliphatic rings. The Balaban J connectivity index is 1.98. The monoisotopic (exact) mass is 279 g/mol. The van der Waals surface area contributed by atoms with Gasteiger partial charge in [-0.1, -0.05) is 18.1 Å². The van der Waals surface area contributed by atoms with Gasteiger partial charge in [-0.25, -0.2) is 4.39 Å². The number of ether oxygens (including phenoxy) is 1. The number of nitrogens with zero attached hydrogens (tertiary/aromatic N) is 2. The highest BCUT2D eigenvalue weighted by molar-refractivity contribution is 5.30. The van der Waals surface area contributed by atoms with E-state index in [9.17, 15) is 4.39 Å². The summed E-state index contributed by atoms with van der Waals surface area (Å²) in [6.07, 6.45) is 1.68. The van der Waals surface area contributed by atoms with Crippen LogP contribution in [0.3, 0.4) is 0 Å². The Bertz CT molecular complexity index is 569. The van der Waals surface area contributed by atoms with Crippen molar-refractivity contribution in [3.63, 3.8) is 0 Å². The van der Waals surface area contributed by atoms with Crippen LogP contribution in [0, 0.1) is 5.82 Å². The standard InChI is InChI=1S/C14H18FN3O2/c1-3-4-14-17-13(18-20-14)8-19-10-5-6-11(9(2)16)12(15)7-10/h5-7,9H,3-4,8,16H2,1-2H3. The number of aryl methyl sites for hydroxylation is 1. The van der Waals surface area contributed by atoms with Gasteiger partial charge in [-0.05, 0) is 19.4 Å². The van der Waals surface area contributed by atoms with E-state index in [0.717, 1.165) is 12.8 Å². The summed E-state index contributed by atoms with van der Waals surface area (Å²) in [5.41, 5.74) is 6.11. The largest absolute Gasteiger partial charge is 0.485 e. The summed E-state index contributed by atoms with van der Waals surface area (Å²) in [6, 6.07) is 4.26. The van der Waals surface area contributed by atoms with Gasteiger partial charge in [-0.15, -0.1) is 0 Å². The lowest BCUT2D eigenvalue weighted by atomic mass is 10.1. The van der Waals surface area contributed by atoms with Crippen molar-refractivity contribution in [1.82, 2.24) is 10.1 Å². The van der Waals surface area contributed by atoms with Crippen LogP contribution in [0.15, 0.2) is 22.7 Å². The number of nitrogens with two attached hydrogens (primary N) is 1. The molecule has 0 aliphatic heterocycles. The lowest BCUT2D eigenvalue weighted by molar-refractivity contribution is 0.283. The first-order valence-corrected chi connectivity index (χ1v) is 6.59. The zero-order valence-corrected chi connectivity index (χ0v) is 11.6. The molecule has 0 bridgehead atoms. The van der Waals surface area contributed by atoms with E-state index in [1.165, 1.54) is 6.07 Å². The molecule has 0 aliphatic carbocycles. The number of benzene rings is 1. The summed E-state index contributed by atoms with van der Waals surface area (Å²) in [6.45, 7) is 3.90. The molecule has 1 aromatic carbocycles. The molecule has 2 aromatic rings. The first-order valence-electron chi connectivity index (χ1n) is 6.59. The second-order valence-corrected chi connectivity index (χ2v) is 4.62. The Labute approximate surface area is 116 Å². The van der Waals surface area contributed by atoms with Crippen LogP contribution in [0.1, 0.15) is 43.6 Å². The van der Waals surface area contributed by atoms with Crippen molar-refractivity contribution in [1.29, 1.82) is 0 Å². The van der Waals surface area contributed by atoms with Gasteiger partial charge >= 0.3 is 0 Å². The molecule has 20 heavy (non-hydrogen) atoms. The second kappa shape index (κ2) is 6.47. The van der Waals surface area contributed by atoms with E-state index in [-0.39, 0.29) is 18.5 Å². The molecule has 1 atom stereocenters. The van der Waals surface area contributed by atoms with E-state index in [0.29, 0.717) is 23.0 Å². The predicted octanol–water partition coefficient (Wildman–Crippen LogP) is 2.76. The van der Waals surface area contributed by atoms with Gasteiger partial charge in [0.25, 0.3) is 0 Å². The molecule has 1 aromatic heterocycles. The highest BCUT2D eigenvalue weighted by Gasteiger charge is 2.10.